The minimum absolute atomic E-state index is 0.261. The van der Waals surface area contributed by atoms with Gasteiger partial charge in [0.25, 0.3) is 0 Å². The van der Waals surface area contributed by atoms with E-state index in [1.165, 1.54) is 33.3 Å². The van der Waals surface area contributed by atoms with Crippen molar-refractivity contribution in [3.05, 3.63) is 65.4 Å². The molecular weight excluding hydrogens is 304 g/mol. The molecule has 1 heterocycles. The van der Waals surface area contributed by atoms with Crippen LogP contribution in [0, 0.1) is 19.3 Å². The molecule has 0 saturated carbocycles. The van der Waals surface area contributed by atoms with Crippen LogP contribution in [0.5, 0.6) is 0 Å². The average Bonchev–Trinajstić information content (AvgIpc) is 2.94. The first-order valence-corrected chi connectivity index (χ1v) is 9.21. The van der Waals surface area contributed by atoms with Gasteiger partial charge in [-0.2, -0.15) is 0 Å². The van der Waals surface area contributed by atoms with Gasteiger partial charge in [0.05, 0.1) is 0 Å². The summed E-state index contributed by atoms with van der Waals surface area (Å²) in [5.41, 5.74) is 6.94. The summed E-state index contributed by atoms with van der Waals surface area (Å²) in [6, 6.07) is 15.4. The first-order chi connectivity index (χ1) is 11.8. The second-order valence-corrected chi connectivity index (χ2v) is 8.38. The molecule has 25 heavy (non-hydrogen) atoms. The van der Waals surface area contributed by atoms with Crippen LogP contribution in [0.2, 0.25) is 0 Å². The van der Waals surface area contributed by atoms with Gasteiger partial charge in [0.15, 0.2) is 0 Å². The highest BCUT2D eigenvalue weighted by Gasteiger charge is 2.18. The normalized spacial score (nSPS) is 11.9. The van der Waals surface area contributed by atoms with Crippen molar-refractivity contribution in [3.63, 3.8) is 0 Å². The standard InChI is InChI=1S/C23H30N2/c1-17-10-11-22(18(2)14-17)25(16-23(3,4)5)13-12-19-15-24-21-9-7-6-8-20(19)21/h6-11,14-15,24H,12-13,16H2,1-5H3. The third kappa shape index (κ3) is 4.25. The molecule has 1 aromatic heterocycles. The van der Waals surface area contributed by atoms with Crippen molar-refractivity contribution in [1.82, 2.24) is 4.98 Å². The van der Waals surface area contributed by atoms with E-state index < -0.39 is 0 Å². The van der Waals surface area contributed by atoms with E-state index in [0.29, 0.717) is 0 Å². The number of para-hydroxylation sites is 1. The number of nitrogens with one attached hydrogen (secondary N) is 1. The number of H-pyrrole nitrogens is 1. The van der Waals surface area contributed by atoms with E-state index in [4.69, 9.17) is 0 Å². The molecule has 0 atom stereocenters. The van der Waals surface area contributed by atoms with Crippen LogP contribution < -0.4 is 4.90 Å². The molecule has 0 spiro atoms. The largest absolute Gasteiger partial charge is 0.370 e. The lowest BCUT2D eigenvalue weighted by molar-refractivity contribution is 0.410. The molecular formula is C23H30N2. The summed E-state index contributed by atoms with van der Waals surface area (Å²) in [4.78, 5) is 5.95. The second-order valence-electron chi connectivity index (χ2n) is 8.38. The number of anilines is 1. The second kappa shape index (κ2) is 6.95. The zero-order valence-electron chi connectivity index (χ0n) is 16.2. The van der Waals surface area contributed by atoms with Crippen molar-refractivity contribution in [2.24, 2.45) is 5.41 Å². The highest BCUT2D eigenvalue weighted by Crippen LogP contribution is 2.27. The van der Waals surface area contributed by atoms with E-state index in [2.05, 4.69) is 93.2 Å². The Balaban J connectivity index is 1.85. The van der Waals surface area contributed by atoms with Crippen LogP contribution >= 0.6 is 0 Å². The molecule has 0 fully saturated rings. The summed E-state index contributed by atoms with van der Waals surface area (Å²) in [7, 11) is 0. The fraction of sp³-hybridized carbons (Fsp3) is 0.391. The van der Waals surface area contributed by atoms with Gasteiger partial charge in [-0.15, -0.1) is 0 Å². The Labute approximate surface area is 151 Å². The predicted octanol–water partition coefficient (Wildman–Crippen LogP) is 5.88. The Morgan fingerprint density at radius 3 is 2.48 bits per heavy atom. The fourth-order valence-corrected chi connectivity index (χ4v) is 3.61. The highest BCUT2D eigenvalue weighted by atomic mass is 15.1. The Morgan fingerprint density at radius 2 is 1.76 bits per heavy atom. The van der Waals surface area contributed by atoms with Crippen LogP contribution in [0.1, 0.15) is 37.5 Å². The van der Waals surface area contributed by atoms with E-state index >= 15 is 0 Å². The Hall–Kier alpha value is -2.22. The molecule has 0 aliphatic rings. The van der Waals surface area contributed by atoms with Crippen LogP contribution in [-0.4, -0.2) is 18.1 Å². The Morgan fingerprint density at radius 1 is 1.00 bits per heavy atom. The van der Waals surface area contributed by atoms with Gasteiger partial charge < -0.3 is 9.88 Å². The SMILES string of the molecule is Cc1ccc(N(CCc2c[nH]c3ccccc23)CC(C)(C)C)c(C)c1. The van der Waals surface area contributed by atoms with Gasteiger partial charge in [0, 0.05) is 35.9 Å². The summed E-state index contributed by atoms with van der Waals surface area (Å²) in [5, 5.41) is 1.35. The van der Waals surface area contributed by atoms with E-state index in [-0.39, 0.29) is 5.41 Å². The van der Waals surface area contributed by atoms with E-state index in [1.54, 1.807) is 0 Å². The number of aromatic nitrogens is 1. The van der Waals surface area contributed by atoms with E-state index in [9.17, 15) is 0 Å². The van der Waals surface area contributed by atoms with Gasteiger partial charge in [-0.25, -0.2) is 0 Å². The molecule has 2 heteroatoms. The number of benzene rings is 2. The summed E-state index contributed by atoms with van der Waals surface area (Å²) in [6.45, 7) is 13.4. The number of fused-ring (bicyclic) bond motifs is 1. The van der Waals surface area contributed by atoms with Crippen molar-refractivity contribution >= 4 is 16.6 Å². The van der Waals surface area contributed by atoms with Crippen molar-refractivity contribution in [3.8, 4) is 0 Å². The van der Waals surface area contributed by atoms with Crippen molar-refractivity contribution < 1.29 is 0 Å². The van der Waals surface area contributed by atoms with Crippen LogP contribution in [-0.2, 0) is 6.42 Å². The zero-order valence-corrected chi connectivity index (χ0v) is 16.2. The van der Waals surface area contributed by atoms with Gasteiger partial charge in [-0.3, -0.25) is 0 Å². The average molecular weight is 335 g/mol. The van der Waals surface area contributed by atoms with Crippen LogP contribution in [0.3, 0.4) is 0 Å². The number of aryl methyl sites for hydroxylation is 2. The minimum atomic E-state index is 0.261. The maximum absolute atomic E-state index is 3.40. The summed E-state index contributed by atoms with van der Waals surface area (Å²) in [5.74, 6) is 0. The number of aromatic amines is 1. The van der Waals surface area contributed by atoms with Crippen molar-refractivity contribution in [1.29, 1.82) is 0 Å². The molecule has 3 aromatic rings. The summed E-state index contributed by atoms with van der Waals surface area (Å²) >= 11 is 0. The van der Waals surface area contributed by atoms with Gasteiger partial charge >= 0.3 is 0 Å². The van der Waals surface area contributed by atoms with Gasteiger partial charge in [-0.1, -0.05) is 56.7 Å². The molecule has 2 nitrogen and oxygen atoms in total. The van der Waals surface area contributed by atoms with Crippen molar-refractivity contribution in [2.75, 3.05) is 18.0 Å². The van der Waals surface area contributed by atoms with E-state index in [1.807, 2.05) is 0 Å². The number of hydrogen-bond donors (Lipinski definition) is 1. The maximum Gasteiger partial charge on any atom is 0.0456 e. The molecule has 132 valence electrons. The van der Waals surface area contributed by atoms with Crippen LogP contribution in [0.4, 0.5) is 5.69 Å². The summed E-state index contributed by atoms with van der Waals surface area (Å²) < 4.78 is 0. The van der Waals surface area contributed by atoms with Crippen LogP contribution in [0.15, 0.2) is 48.7 Å². The highest BCUT2D eigenvalue weighted by molar-refractivity contribution is 5.83. The van der Waals surface area contributed by atoms with E-state index in [0.717, 1.165) is 19.5 Å². The molecule has 1 N–H and O–H groups in total. The lowest BCUT2D eigenvalue weighted by Crippen LogP contribution is -2.34. The fourth-order valence-electron chi connectivity index (χ4n) is 3.61. The molecule has 0 aliphatic carbocycles. The molecule has 0 amide bonds. The molecule has 3 rings (SSSR count). The van der Waals surface area contributed by atoms with Gasteiger partial charge in [0.1, 0.15) is 0 Å². The third-order valence-corrected chi connectivity index (χ3v) is 4.68. The molecule has 0 radical (unpaired) electrons. The Bertz CT molecular complexity index is 852. The van der Waals surface area contributed by atoms with Crippen LogP contribution in [0.25, 0.3) is 10.9 Å². The molecule has 0 aliphatic heterocycles. The lowest BCUT2D eigenvalue weighted by Gasteiger charge is -2.33. The quantitative estimate of drug-likeness (QED) is 0.617. The molecule has 0 unspecified atom stereocenters. The summed E-state index contributed by atoms with van der Waals surface area (Å²) in [6.07, 6.45) is 3.22. The first-order valence-electron chi connectivity index (χ1n) is 9.21. The number of rotatable bonds is 5. The minimum Gasteiger partial charge on any atom is -0.370 e. The monoisotopic (exact) mass is 334 g/mol. The Kier molecular flexibility index (Phi) is 4.89. The molecule has 0 bridgehead atoms. The van der Waals surface area contributed by atoms with Gasteiger partial charge in [0.2, 0.25) is 0 Å². The molecule has 0 saturated heterocycles. The predicted molar refractivity (Wildman–Crippen MR) is 110 cm³/mol. The topological polar surface area (TPSA) is 19.0 Å². The maximum atomic E-state index is 3.40. The first kappa shape index (κ1) is 17.6. The number of nitrogens with zero attached hydrogens (tertiary/aromatic N) is 1. The lowest BCUT2D eigenvalue weighted by atomic mass is 9.95. The smallest absolute Gasteiger partial charge is 0.0456 e. The third-order valence-electron chi connectivity index (χ3n) is 4.68. The molecule has 2 aromatic carbocycles. The number of hydrogen-bond acceptors (Lipinski definition) is 1. The zero-order chi connectivity index (χ0) is 18.0. The van der Waals surface area contributed by atoms with Gasteiger partial charge in [-0.05, 0) is 48.9 Å². The van der Waals surface area contributed by atoms with Crippen molar-refractivity contribution in [2.45, 2.75) is 41.0 Å².